The Bertz CT molecular complexity index is 527. The van der Waals surface area contributed by atoms with Crippen LogP contribution in [0.4, 0.5) is 0 Å². The molecule has 19 heavy (non-hydrogen) atoms. The maximum absolute atomic E-state index is 11.9. The van der Waals surface area contributed by atoms with E-state index in [2.05, 4.69) is 29.2 Å². The Kier molecular flexibility index (Phi) is 2.46. The monoisotopic (exact) mass is 257 g/mol. The van der Waals surface area contributed by atoms with Crippen LogP contribution in [-0.4, -0.2) is 29.6 Å². The van der Waals surface area contributed by atoms with Crippen LogP contribution in [0.15, 0.2) is 24.3 Å². The lowest BCUT2D eigenvalue weighted by Crippen LogP contribution is -2.52. The van der Waals surface area contributed by atoms with Crippen LogP contribution in [0, 0.1) is 5.92 Å². The van der Waals surface area contributed by atoms with Gasteiger partial charge in [0.2, 0.25) is 0 Å². The zero-order valence-electron chi connectivity index (χ0n) is 11.2. The van der Waals surface area contributed by atoms with Crippen molar-refractivity contribution < 1.29 is 9.53 Å². The molecule has 100 valence electrons. The van der Waals surface area contributed by atoms with Crippen molar-refractivity contribution in [1.29, 1.82) is 0 Å². The normalized spacial score (nSPS) is 37.2. The highest BCUT2D eigenvalue weighted by Crippen LogP contribution is 2.45. The summed E-state index contributed by atoms with van der Waals surface area (Å²) in [6.45, 7) is 3.11. The molecule has 3 aliphatic heterocycles. The van der Waals surface area contributed by atoms with E-state index < -0.39 is 0 Å². The van der Waals surface area contributed by atoms with Crippen LogP contribution in [0.25, 0.3) is 0 Å². The largest absolute Gasteiger partial charge is 0.461 e. The third-order valence-corrected chi connectivity index (χ3v) is 5.09. The first-order chi connectivity index (χ1) is 9.25. The molecule has 1 aromatic carbocycles. The summed E-state index contributed by atoms with van der Waals surface area (Å²) in [5, 5.41) is 0. The van der Waals surface area contributed by atoms with Crippen molar-refractivity contribution >= 4 is 5.97 Å². The molecule has 0 radical (unpaired) electrons. The molecule has 4 atom stereocenters. The van der Waals surface area contributed by atoms with Crippen molar-refractivity contribution in [3.05, 3.63) is 35.4 Å². The predicted octanol–water partition coefficient (Wildman–Crippen LogP) is 2.31. The summed E-state index contributed by atoms with van der Waals surface area (Å²) < 4.78 is 5.46. The first-order valence-electron chi connectivity index (χ1n) is 7.30. The number of cyclic esters (lactones) is 1. The number of piperidine rings is 1. The summed E-state index contributed by atoms with van der Waals surface area (Å²) in [6.07, 6.45) is 3.20. The van der Waals surface area contributed by atoms with E-state index in [4.69, 9.17) is 4.74 Å². The van der Waals surface area contributed by atoms with Crippen molar-refractivity contribution in [1.82, 2.24) is 4.90 Å². The van der Waals surface area contributed by atoms with Gasteiger partial charge in [0, 0.05) is 12.6 Å². The van der Waals surface area contributed by atoms with Crippen LogP contribution in [0.3, 0.4) is 0 Å². The SMILES string of the molecule is C[C@@H]1OC(=O)[C@@H]2CC[C@H]3c4ccccc4CCN3[C@H]12. The van der Waals surface area contributed by atoms with Gasteiger partial charge in [-0.3, -0.25) is 9.69 Å². The van der Waals surface area contributed by atoms with Gasteiger partial charge in [-0.15, -0.1) is 0 Å². The van der Waals surface area contributed by atoms with Crippen molar-refractivity contribution in [2.24, 2.45) is 5.92 Å². The molecule has 0 aromatic heterocycles. The summed E-state index contributed by atoms with van der Waals surface area (Å²) in [5.41, 5.74) is 2.96. The van der Waals surface area contributed by atoms with E-state index in [1.54, 1.807) is 0 Å². The number of benzene rings is 1. The van der Waals surface area contributed by atoms with Gasteiger partial charge < -0.3 is 4.74 Å². The minimum atomic E-state index is 0.0230. The van der Waals surface area contributed by atoms with Gasteiger partial charge in [-0.25, -0.2) is 0 Å². The summed E-state index contributed by atoms with van der Waals surface area (Å²) in [4.78, 5) is 14.4. The second-order valence-corrected chi connectivity index (χ2v) is 6.02. The summed E-state index contributed by atoms with van der Waals surface area (Å²) >= 11 is 0. The minimum absolute atomic E-state index is 0.0230. The van der Waals surface area contributed by atoms with Gasteiger partial charge >= 0.3 is 5.97 Å². The molecule has 2 fully saturated rings. The molecule has 3 nitrogen and oxygen atoms in total. The van der Waals surface area contributed by atoms with Gasteiger partial charge in [0.1, 0.15) is 6.10 Å². The maximum Gasteiger partial charge on any atom is 0.310 e. The average Bonchev–Trinajstić information content (AvgIpc) is 2.74. The molecule has 0 unspecified atom stereocenters. The molecule has 2 saturated heterocycles. The van der Waals surface area contributed by atoms with Crippen LogP contribution >= 0.6 is 0 Å². The van der Waals surface area contributed by atoms with Crippen LogP contribution in [0.1, 0.15) is 36.9 Å². The number of hydrogen-bond acceptors (Lipinski definition) is 3. The fourth-order valence-corrected chi connectivity index (χ4v) is 4.28. The van der Waals surface area contributed by atoms with Crippen LogP contribution in [0.2, 0.25) is 0 Å². The van der Waals surface area contributed by atoms with Crippen molar-refractivity contribution in [3.63, 3.8) is 0 Å². The number of hydrogen-bond donors (Lipinski definition) is 0. The van der Waals surface area contributed by atoms with Crippen molar-refractivity contribution in [2.45, 2.75) is 44.4 Å². The number of rotatable bonds is 0. The lowest BCUT2D eigenvalue weighted by Gasteiger charge is -2.46. The average molecular weight is 257 g/mol. The molecule has 3 heterocycles. The summed E-state index contributed by atoms with van der Waals surface area (Å²) in [5.74, 6) is 0.131. The van der Waals surface area contributed by atoms with E-state index in [0.717, 1.165) is 25.8 Å². The molecular weight excluding hydrogens is 238 g/mol. The molecule has 0 spiro atoms. The lowest BCUT2D eigenvalue weighted by atomic mass is 9.79. The number of carbonyl (C=O) groups is 1. The van der Waals surface area contributed by atoms with Gasteiger partial charge in [-0.2, -0.15) is 0 Å². The third kappa shape index (κ3) is 1.57. The fourth-order valence-electron chi connectivity index (χ4n) is 4.28. The summed E-state index contributed by atoms with van der Waals surface area (Å²) in [6, 6.07) is 9.55. The standard InChI is InChI=1S/C16H19NO2/c1-10-15-13(16(18)19-10)6-7-14-12-5-3-2-4-11(12)8-9-17(14)15/h2-5,10,13-15H,6-9H2,1H3/t10-,13+,14-,15+/m0/s1. The predicted molar refractivity (Wildman–Crippen MR) is 71.7 cm³/mol. The lowest BCUT2D eigenvalue weighted by molar-refractivity contribution is -0.144. The van der Waals surface area contributed by atoms with E-state index in [0.29, 0.717) is 12.1 Å². The number of fused-ring (bicyclic) bond motifs is 5. The zero-order chi connectivity index (χ0) is 13.0. The minimum Gasteiger partial charge on any atom is -0.461 e. The first-order valence-corrected chi connectivity index (χ1v) is 7.30. The van der Waals surface area contributed by atoms with E-state index in [1.807, 2.05) is 6.92 Å². The zero-order valence-corrected chi connectivity index (χ0v) is 11.2. The van der Waals surface area contributed by atoms with Gasteiger partial charge in [0.15, 0.2) is 0 Å². The quantitative estimate of drug-likeness (QED) is 0.668. The first kappa shape index (κ1) is 11.5. The third-order valence-electron chi connectivity index (χ3n) is 5.09. The van der Waals surface area contributed by atoms with Crippen LogP contribution in [0.5, 0.6) is 0 Å². The molecule has 0 amide bonds. The van der Waals surface area contributed by atoms with Crippen molar-refractivity contribution in [3.8, 4) is 0 Å². The van der Waals surface area contributed by atoms with Crippen LogP contribution < -0.4 is 0 Å². The van der Waals surface area contributed by atoms with E-state index in [1.165, 1.54) is 11.1 Å². The Morgan fingerprint density at radius 1 is 1.26 bits per heavy atom. The topological polar surface area (TPSA) is 29.5 Å². The molecular formula is C16H19NO2. The molecule has 3 aliphatic rings. The number of nitrogens with zero attached hydrogens (tertiary/aromatic N) is 1. The second-order valence-electron chi connectivity index (χ2n) is 6.02. The Labute approximate surface area is 113 Å². The molecule has 3 heteroatoms. The highest BCUT2D eigenvalue weighted by atomic mass is 16.6. The van der Waals surface area contributed by atoms with Gasteiger partial charge in [0.25, 0.3) is 0 Å². The Morgan fingerprint density at radius 2 is 2.11 bits per heavy atom. The number of esters is 1. The van der Waals surface area contributed by atoms with E-state index in [9.17, 15) is 4.79 Å². The maximum atomic E-state index is 11.9. The smallest absolute Gasteiger partial charge is 0.310 e. The van der Waals surface area contributed by atoms with Gasteiger partial charge in [-0.05, 0) is 37.3 Å². The molecule has 0 saturated carbocycles. The van der Waals surface area contributed by atoms with Gasteiger partial charge in [0.05, 0.1) is 12.0 Å². The Hall–Kier alpha value is -1.35. The molecule has 4 rings (SSSR count). The van der Waals surface area contributed by atoms with E-state index in [-0.39, 0.29) is 18.0 Å². The molecule has 0 bridgehead atoms. The summed E-state index contributed by atoms with van der Waals surface area (Å²) in [7, 11) is 0. The highest BCUT2D eigenvalue weighted by Gasteiger charge is 2.51. The van der Waals surface area contributed by atoms with Gasteiger partial charge in [-0.1, -0.05) is 24.3 Å². The van der Waals surface area contributed by atoms with Crippen molar-refractivity contribution in [2.75, 3.05) is 6.54 Å². The highest BCUT2D eigenvalue weighted by molar-refractivity contribution is 5.76. The number of carbonyl (C=O) groups excluding carboxylic acids is 1. The molecule has 1 aromatic rings. The second kappa shape index (κ2) is 4.07. The van der Waals surface area contributed by atoms with Crippen LogP contribution in [-0.2, 0) is 16.0 Å². The Balaban J connectivity index is 1.72. The van der Waals surface area contributed by atoms with E-state index >= 15 is 0 Å². The molecule has 0 aliphatic carbocycles. The Morgan fingerprint density at radius 3 is 3.00 bits per heavy atom. The molecule has 0 N–H and O–H groups in total. The number of ether oxygens (including phenoxy) is 1. The fraction of sp³-hybridized carbons (Fsp3) is 0.562.